The summed E-state index contributed by atoms with van der Waals surface area (Å²) in [7, 11) is 0. The fourth-order valence-corrected chi connectivity index (χ4v) is 4.43. The molecule has 0 amide bonds. The molecule has 2 atom stereocenters. The van der Waals surface area contributed by atoms with Gasteiger partial charge in [-0.2, -0.15) is 0 Å². The van der Waals surface area contributed by atoms with Gasteiger partial charge < -0.3 is 5.11 Å². The highest BCUT2D eigenvalue weighted by molar-refractivity contribution is 9.13. The van der Waals surface area contributed by atoms with Crippen molar-refractivity contribution in [2.24, 2.45) is 11.8 Å². The molecule has 6 heteroatoms. The van der Waals surface area contributed by atoms with Crippen LogP contribution in [0.1, 0.15) is 11.8 Å². The lowest BCUT2D eigenvalue weighted by Gasteiger charge is -2.13. The molecule has 0 aromatic carbocycles. The second-order valence-electron chi connectivity index (χ2n) is 4.45. The molecule has 0 aliphatic carbocycles. The minimum Gasteiger partial charge on any atom is -0.481 e. The Balaban J connectivity index is 2.00. The van der Waals surface area contributed by atoms with Gasteiger partial charge in [-0.1, -0.05) is 6.92 Å². The Labute approximate surface area is 121 Å². The average Bonchev–Trinajstić information content (AvgIpc) is 2.72. The Kier molecular flexibility index (Phi) is 4.28. The number of carboxylic acids is 1. The Hall–Kier alpha value is 0.0900. The second kappa shape index (κ2) is 5.38. The molecule has 2 heterocycles. The zero-order chi connectivity index (χ0) is 12.6. The number of thiophene rings is 1. The number of rotatable bonds is 3. The van der Waals surface area contributed by atoms with E-state index in [0.717, 1.165) is 21.3 Å². The van der Waals surface area contributed by atoms with Crippen molar-refractivity contribution in [2.45, 2.75) is 13.5 Å². The first-order valence-corrected chi connectivity index (χ1v) is 7.76. The zero-order valence-electron chi connectivity index (χ0n) is 9.32. The molecule has 0 radical (unpaired) electrons. The van der Waals surface area contributed by atoms with Crippen molar-refractivity contribution >= 4 is 49.2 Å². The van der Waals surface area contributed by atoms with E-state index in [0.29, 0.717) is 6.54 Å². The summed E-state index contributed by atoms with van der Waals surface area (Å²) in [4.78, 5) is 14.5. The molecule has 1 N–H and O–H groups in total. The molecule has 1 aromatic heterocycles. The lowest BCUT2D eigenvalue weighted by atomic mass is 9.99. The number of hydrogen-bond acceptors (Lipinski definition) is 3. The largest absolute Gasteiger partial charge is 0.481 e. The zero-order valence-corrected chi connectivity index (χ0v) is 13.3. The molecule has 0 spiro atoms. The third-order valence-electron chi connectivity index (χ3n) is 3.08. The Bertz CT molecular complexity index is 416. The van der Waals surface area contributed by atoms with Crippen LogP contribution in [0, 0.1) is 11.8 Å². The summed E-state index contributed by atoms with van der Waals surface area (Å²) >= 11 is 8.63. The quantitative estimate of drug-likeness (QED) is 0.870. The van der Waals surface area contributed by atoms with E-state index in [1.165, 1.54) is 4.88 Å². The molecule has 1 aromatic rings. The van der Waals surface area contributed by atoms with Crippen LogP contribution in [0.25, 0.3) is 0 Å². The molecule has 2 unspecified atom stereocenters. The molecule has 94 valence electrons. The Morgan fingerprint density at radius 1 is 1.59 bits per heavy atom. The minimum absolute atomic E-state index is 0.221. The predicted octanol–water partition coefficient (Wildman–Crippen LogP) is 3.43. The van der Waals surface area contributed by atoms with Gasteiger partial charge in [-0.3, -0.25) is 9.69 Å². The molecule has 2 rings (SSSR count). The van der Waals surface area contributed by atoms with Gasteiger partial charge in [0.2, 0.25) is 0 Å². The van der Waals surface area contributed by atoms with E-state index in [-0.39, 0.29) is 11.8 Å². The van der Waals surface area contributed by atoms with E-state index < -0.39 is 5.97 Å². The van der Waals surface area contributed by atoms with Gasteiger partial charge in [0.05, 0.1) is 9.70 Å². The number of nitrogens with zero attached hydrogens (tertiary/aromatic N) is 1. The average molecular weight is 383 g/mol. The molecule has 3 nitrogen and oxygen atoms in total. The minimum atomic E-state index is -0.673. The number of halogens is 2. The van der Waals surface area contributed by atoms with Crippen LogP contribution >= 0.6 is 43.2 Å². The molecule has 1 aliphatic heterocycles. The summed E-state index contributed by atoms with van der Waals surface area (Å²) < 4.78 is 2.16. The van der Waals surface area contributed by atoms with Crippen LogP contribution in [0.5, 0.6) is 0 Å². The molecular weight excluding hydrogens is 370 g/mol. The summed E-state index contributed by atoms with van der Waals surface area (Å²) in [5.41, 5.74) is 0. The van der Waals surface area contributed by atoms with E-state index in [9.17, 15) is 4.79 Å². The van der Waals surface area contributed by atoms with Crippen LogP contribution in [0.4, 0.5) is 0 Å². The van der Waals surface area contributed by atoms with Gasteiger partial charge in [-0.05, 0) is 43.8 Å². The number of carboxylic acid groups (broad SMARTS) is 1. The maximum Gasteiger partial charge on any atom is 0.308 e. The predicted molar refractivity (Wildman–Crippen MR) is 75.3 cm³/mol. The highest BCUT2D eigenvalue weighted by Crippen LogP contribution is 2.34. The van der Waals surface area contributed by atoms with Crippen LogP contribution in [0.3, 0.4) is 0 Å². The molecule has 0 bridgehead atoms. The first-order valence-electron chi connectivity index (χ1n) is 5.36. The van der Waals surface area contributed by atoms with E-state index >= 15 is 0 Å². The summed E-state index contributed by atoms with van der Waals surface area (Å²) in [5, 5.41) is 9.08. The lowest BCUT2D eigenvalue weighted by Crippen LogP contribution is -2.22. The lowest BCUT2D eigenvalue weighted by molar-refractivity contribution is -0.142. The summed E-state index contributed by atoms with van der Waals surface area (Å²) in [6.07, 6.45) is 0. The first-order chi connectivity index (χ1) is 7.97. The molecule has 17 heavy (non-hydrogen) atoms. The van der Waals surface area contributed by atoms with Crippen molar-refractivity contribution in [3.05, 3.63) is 19.2 Å². The topological polar surface area (TPSA) is 40.5 Å². The maximum absolute atomic E-state index is 11.0. The smallest absolute Gasteiger partial charge is 0.308 e. The SMILES string of the molecule is CC1CN(Cc2cc(Br)c(Br)s2)CC1C(=O)O. The normalized spacial score (nSPS) is 25.4. The van der Waals surface area contributed by atoms with Gasteiger partial charge in [-0.15, -0.1) is 11.3 Å². The Morgan fingerprint density at radius 3 is 2.76 bits per heavy atom. The Morgan fingerprint density at radius 2 is 2.29 bits per heavy atom. The van der Waals surface area contributed by atoms with Crippen molar-refractivity contribution in [1.82, 2.24) is 4.90 Å². The molecule has 1 saturated heterocycles. The molecule has 1 fully saturated rings. The van der Waals surface area contributed by atoms with Gasteiger partial charge in [0.25, 0.3) is 0 Å². The van der Waals surface area contributed by atoms with Crippen molar-refractivity contribution < 1.29 is 9.90 Å². The molecule has 1 aliphatic rings. The van der Waals surface area contributed by atoms with E-state index in [1.54, 1.807) is 11.3 Å². The summed E-state index contributed by atoms with van der Waals surface area (Å²) in [5.74, 6) is -0.658. The number of hydrogen-bond donors (Lipinski definition) is 1. The van der Waals surface area contributed by atoms with Crippen molar-refractivity contribution in [3.63, 3.8) is 0 Å². The van der Waals surface area contributed by atoms with Gasteiger partial charge >= 0.3 is 5.97 Å². The van der Waals surface area contributed by atoms with Gasteiger partial charge in [-0.25, -0.2) is 0 Å². The highest BCUT2D eigenvalue weighted by Gasteiger charge is 2.34. The second-order valence-corrected chi connectivity index (χ2v) is 7.76. The van der Waals surface area contributed by atoms with Gasteiger partial charge in [0, 0.05) is 29.0 Å². The van der Waals surface area contributed by atoms with E-state index in [2.05, 4.69) is 42.8 Å². The highest BCUT2D eigenvalue weighted by atomic mass is 79.9. The third-order valence-corrected chi connectivity index (χ3v) is 6.32. The number of carbonyl (C=O) groups is 1. The van der Waals surface area contributed by atoms with Crippen LogP contribution in [0.2, 0.25) is 0 Å². The van der Waals surface area contributed by atoms with E-state index in [4.69, 9.17) is 5.11 Å². The number of aliphatic carboxylic acids is 1. The molecule has 0 saturated carbocycles. The van der Waals surface area contributed by atoms with E-state index in [1.807, 2.05) is 6.92 Å². The van der Waals surface area contributed by atoms with Crippen LogP contribution < -0.4 is 0 Å². The summed E-state index contributed by atoms with van der Waals surface area (Å²) in [6.45, 7) is 4.37. The van der Waals surface area contributed by atoms with Crippen molar-refractivity contribution in [3.8, 4) is 0 Å². The molecular formula is C11H13Br2NO2S. The number of likely N-dealkylation sites (tertiary alicyclic amines) is 1. The van der Waals surface area contributed by atoms with Crippen LogP contribution in [-0.2, 0) is 11.3 Å². The van der Waals surface area contributed by atoms with Gasteiger partial charge in [0.15, 0.2) is 0 Å². The van der Waals surface area contributed by atoms with Crippen LogP contribution in [-0.4, -0.2) is 29.1 Å². The fourth-order valence-electron chi connectivity index (χ4n) is 2.21. The summed E-state index contributed by atoms with van der Waals surface area (Å²) in [6, 6.07) is 2.09. The third kappa shape index (κ3) is 3.10. The maximum atomic E-state index is 11.0. The first kappa shape index (κ1) is 13.5. The van der Waals surface area contributed by atoms with Crippen molar-refractivity contribution in [2.75, 3.05) is 13.1 Å². The monoisotopic (exact) mass is 381 g/mol. The van der Waals surface area contributed by atoms with Crippen molar-refractivity contribution in [1.29, 1.82) is 0 Å². The van der Waals surface area contributed by atoms with Crippen LogP contribution in [0.15, 0.2) is 14.3 Å². The van der Waals surface area contributed by atoms with Gasteiger partial charge in [0.1, 0.15) is 0 Å². The standard InChI is InChI=1S/C11H13Br2NO2S/c1-6-3-14(5-8(6)11(15)16)4-7-2-9(12)10(13)17-7/h2,6,8H,3-5H2,1H3,(H,15,16). The fraction of sp³-hybridized carbons (Fsp3) is 0.545.